The molecule has 0 bridgehead atoms. The van der Waals surface area contributed by atoms with E-state index in [9.17, 15) is 0 Å². The number of rotatable bonds is 2. The first-order valence-corrected chi connectivity index (χ1v) is 8.52. The van der Waals surface area contributed by atoms with Crippen molar-refractivity contribution in [2.75, 3.05) is 5.75 Å². The first-order chi connectivity index (χ1) is 8.56. The molecule has 2 nitrogen and oxygen atoms in total. The number of hydrogen-bond donors (Lipinski definition) is 1. The van der Waals surface area contributed by atoms with Gasteiger partial charge in [-0.1, -0.05) is 39.5 Å². The number of amidine groups is 1. The van der Waals surface area contributed by atoms with E-state index in [1.165, 1.54) is 36.6 Å². The first-order valence-electron chi connectivity index (χ1n) is 7.53. The lowest BCUT2D eigenvalue weighted by atomic mass is 9.80. The summed E-state index contributed by atoms with van der Waals surface area (Å²) in [5.41, 5.74) is 0. The van der Waals surface area contributed by atoms with Crippen LogP contribution in [-0.2, 0) is 0 Å². The van der Waals surface area contributed by atoms with Crippen LogP contribution < -0.4 is 5.32 Å². The lowest BCUT2D eigenvalue weighted by molar-refractivity contribution is 0.248. The van der Waals surface area contributed by atoms with Crippen LogP contribution in [0.1, 0.15) is 53.4 Å². The first kappa shape index (κ1) is 14.2. The highest BCUT2D eigenvalue weighted by atomic mass is 32.2. The highest BCUT2D eigenvalue weighted by Gasteiger charge is 2.27. The largest absolute Gasteiger partial charge is 0.362 e. The van der Waals surface area contributed by atoms with Gasteiger partial charge in [-0.2, -0.15) is 0 Å². The van der Waals surface area contributed by atoms with E-state index in [0.29, 0.717) is 18.0 Å². The number of nitrogens with one attached hydrogen (secondary N) is 1. The monoisotopic (exact) mass is 268 g/mol. The summed E-state index contributed by atoms with van der Waals surface area (Å²) in [7, 11) is 0. The summed E-state index contributed by atoms with van der Waals surface area (Å²) in [6.45, 7) is 9.34. The SMILES string of the molecule is CC1CCC(NC2=NC(C(C)C)CCS2)C(C)C1. The predicted octanol–water partition coefficient (Wildman–Crippen LogP) is 3.92. The molecule has 2 aliphatic rings. The maximum Gasteiger partial charge on any atom is 0.157 e. The molecule has 0 aromatic heterocycles. The normalized spacial score (nSPS) is 37.5. The van der Waals surface area contributed by atoms with E-state index in [0.717, 1.165) is 11.8 Å². The molecule has 4 unspecified atom stereocenters. The van der Waals surface area contributed by atoms with Crippen molar-refractivity contribution in [1.82, 2.24) is 5.32 Å². The number of hydrogen-bond acceptors (Lipinski definition) is 3. The third kappa shape index (κ3) is 3.66. The van der Waals surface area contributed by atoms with E-state index in [1.807, 2.05) is 11.8 Å². The van der Waals surface area contributed by atoms with Gasteiger partial charge in [0, 0.05) is 11.8 Å². The average Bonchev–Trinajstić information content (AvgIpc) is 2.33. The molecule has 104 valence electrons. The summed E-state index contributed by atoms with van der Waals surface area (Å²) >= 11 is 1.92. The van der Waals surface area contributed by atoms with Crippen molar-refractivity contribution in [1.29, 1.82) is 0 Å². The Balaban J connectivity index is 1.92. The molecule has 0 radical (unpaired) electrons. The maximum absolute atomic E-state index is 4.90. The van der Waals surface area contributed by atoms with Crippen molar-refractivity contribution in [3.63, 3.8) is 0 Å². The van der Waals surface area contributed by atoms with Crippen molar-refractivity contribution < 1.29 is 0 Å². The number of aliphatic imine (C=N–C) groups is 1. The third-order valence-electron chi connectivity index (χ3n) is 4.45. The fourth-order valence-corrected chi connectivity index (χ4v) is 4.13. The topological polar surface area (TPSA) is 24.4 Å². The number of nitrogens with zero attached hydrogens (tertiary/aromatic N) is 1. The van der Waals surface area contributed by atoms with Gasteiger partial charge in [0.25, 0.3) is 0 Å². The highest BCUT2D eigenvalue weighted by molar-refractivity contribution is 8.13. The van der Waals surface area contributed by atoms with Crippen molar-refractivity contribution in [2.45, 2.75) is 65.5 Å². The number of thioether (sulfide) groups is 1. The Bertz CT molecular complexity index is 301. The molecule has 18 heavy (non-hydrogen) atoms. The van der Waals surface area contributed by atoms with Gasteiger partial charge in [-0.05, 0) is 43.4 Å². The molecule has 0 aromatic rings. The van der Waals surface area contributed by atoms with E-state index < -0.39 is 0 Å². The summed E-state index contributed by atoms with van der Waals surface area (Å²) in [5.74, 6) is 3.59. The Morgan fingerprint density at radius 2 is 2.00 bits per heavy atom. The van der Waals surface area contributed by atoms with Gasteiger partial charge in [0.2, 0.25) is 0 Å². The molecule has 1 aliphatic carbocycles. The summed E-state index contributed by atoms with van der Waals surface area (Å²) in [5, 5.41) is 4.94. The molecular weight excluding hydrogens is 240 g/mol. The van der Waals surface area contributed by atoms with Crippen LogP contribution in [0.3, 0.4) is 0 Å². The fraction of sp³-hybridized carbons (Fsp3) is 0.933. The molecular formula is C15H28N2S. The molecule has 2 rings (SSSR count). The lowest BCUT2D eigenvalue weighted by Crippen LogP contribution is -2.43. The second-order valence-electron chi connectivity index (χ2n) is 6.53. The van der Waals surface area contributed by atoms with E-state index in [4.69, 9.17) is 4.99 Å². The minimum Gasteiger partial charge on any atom is -0.362 e. The smallest absolute Gasteiger partial charge is 0.157 e. The zero-order valence-electron chi connectivity index (χ0n) is 12.3. The van der Waals surface area contributed by atoms with Crippen molar-refractivity contribution in [2.24, 2.45) is 22.7 Å². The summed E-state index contributed by atoms with van der Waals surface area (Å²) in [6.07, 6.45) is 5.29. The van der Waals surface area contributed by atoms with E-state index >= 15 is 0 Å². The van der Waals surface area contributed by atoms with Gasteiger partial charge < -0.3 is 5.32 Å². The van der Waals surface area contributed by atoms with Gasteiger partial charge in [0.1, 0.15) is 0 Å². The molecule has 1 heterocycles. The summed E-state index contributed by atoms with van der Waals surface area (Å²) < 4.78 is 0. The molecule has 0 aromatic carbocycles. The summed E-state index contributed by atoms with van der Waals surface area (Å²) in [4.78, 5) is 4.90. The molecule has 1 saturated carbocycles. The molecule has 4 atom stereocenters. The van der Waals surface area contributed by atoms with Gasteiger partial charge in [0.05, 0.1) is 6.04 Å². The molecule has 1 aliphatic heterocycles. The minimum absolute atomic E-state index is 0.534. The van der Waals surface area contributed by atoms with Gasteiger partial charge >= 0.3 is 0 Å². The van der Waals surface area contributed by atoms with Crippen LogP contribution in [0.5, 0.6) is 0 Å². The van der Waals surface area contributed by atoms with Gasteiger partial charge in [-0.3, -0.25) is 4.99 Å². The Morgan fingerprint density at radius 1 is 1.22 bits per heavy atom. The molecule has 0 spiro atoms. The zero-order valence-corrected chi connectivity index (χ0v) is 13.1. The molecule has 0 saturated heterocycles. The van der Waals surface area contributed by atoms with Crippen molar-refractivity contribution in [3.05, 3.63) is 0 Å². The van der Waals surface area contributed by atoms with E-state index in [-0.39, 0.29) is 0 Å². The standard InChI is InChI=1S/C15H28N2S/c1-10(2)13-7-8-18-15(16-13)17-14-6-5-11(3)9-12(14)4/h10-14H,5-9H2,1-4H3,(H,16,17). The minimum atomic E-state index is 0.534. The van der Waals surface area contributed by atoms with Crippen molar-refractivity contribution in [3.8, 4) is 0 Å². The second kappa shape index (κ2) is 6.31. The lowest BCUT2D eigenvalue weighted by Gasteiger charge is -2.35. The van der Waals surface area contributed by atoms with E-state index in [2.05, 4.69) is 33.0 Å². The maximum atomic E-state index is 4.90. The van der Waals surface area contributed by atoms with Gasteiger partial charge in [0.15, 0.2) is 5.17 Å². The molecule has 3 heteroatoms. The second-order valence-corrected chi connectivity index (χ2v) is 7.61. The van der Waals surface area contributed by atoms with Crippen LogP contribution in [0.2, 0.25) is 0 Å². The fourth-order valence-electron chi connectivity index (χ4n) is 3.13. The Hall–Kier alpha value is -0.180. The molecule has 1 fully saturated rings. The van der Waals surface area contributed by atoms with Crippen LogP contribution in [0.15, 0.2) is 4.99 Å². The highest BCUT2D eigenvalue weighted by Crippen LogP contribution is 2.30. The van der Waals surface area contributed by atoms with Crippen molar-refractivity contribution >= 4 is 16.9 Å². The quantitative estimate of drug-likeness (QED) is 0.821. The third-order valence-corrected chi connectivity index (χ3v) is 5.38. The predicted molar refractivity (Wildman–Crippen MR) is 82.2 cm³/mol. The van der Waals surface area contributed by atoms with Crippen LogP contribution >= 0.6 is 11.8 Å². The Morgan fingerprint density at radius 3 is 2.67 bits per heavy atom. The Labute approximate surface area is 116 Å². The summed E-state index contributed by atoms with van der Waals surface area (Å²) in [6, 6.07) is 1.19. The average molecular weight is 268 g/mol. The van der Waals surface area contributed by atoms with Crippen LogP contribution in [-0.4, -0.2) is 23.0 Å². The van der Waals surface area contributed by atoms with E-state index in [1.54, 1.807) is 0 Å². The van der Waals surface area contributed by atoms with Crippen LogP contribution in [0.25, 0.3) is 0 Å². The van der Waals surface area contributed by atoms with Gasteiger partial charge in [-0.25, -0.2) is 0 Å². The molecule has 0 amide bonds. The zero-order chi connectivity index (χ0) is 13.1. The van der Waals surface area contributed by atoms with Gasteiger partial charge in [-0.15, -0.1) is 0 Å². The van der Waals surface area contributed by atoms with Crippen LogP contribution in [0, 0.1) is 17.8 Å². The van der Waals surface area contributed by atoms with Crippen LogP contribution in [0.4, 0.5) is 0 Å². The molecule has 1 N–H and O–H groups in total. The Kier molecular flexibility index (Phi) is 4.99.